The Hall–Kier alpha value is -1.93. The van der Waals surface area contributed by atoms with Crippen LogP contribution in [0.5, 0.6) is 5.75 Å². The third-order valence-electron chi connectivity index (χ3n) is 5.10. The smallest absolute Gasteiger partial charge is 0.243 e. The van der Waals surface area contributed by atoms with Crippen molar-refractivity contribution >= 4 is 10.0 Å². The monoisotopic (exact) mass is 405 g/mol. The SMILES string of the molecule is COc1ccc(CO[C@@H]2CCC(CO)N(S(=O)(=O)c3ccc(C)cc3)C2)cc1. The van der Waals surface area contributed by atoms with E-state index in [2.05, 4.69) is 0 Å². The van der Waals surface area contributed by atoms with Crippen LogP contribution >= 0.6 is 0 Å². The Morgan fingerprint density at radius 3 is 2.36 bits per heavy atom. The molecule has 152 valence electrons. The van der Waals surface area contributed by atoms with Crippen molar-refractivity contribution in [3.63, 3.8) is 0 Å². The minimum Gasteiger partial charge on any atom is -0.497 e. The van der Waals surface area contributed by atoms with Crippen molar-refractivity contribution in [2.24, 2.45) is 0 Å². The summed E-state index contributed by atoms with van der Waals surface area (Å²) in [5, 5.41) is 9.70. The van der Waals surface area contributed by atoms with Gasteiger partial charge in [0.05, 0.1) is 31.3 Å². The highest BCUT2D eigenvalue weighted by atomic mass is 32.2. The molecule has 1 fully saturated rings. The van der Waals surface area contributed by atoms with Crippen molar-refractivity contribution in [1.29, 1.82) is 0 Å². The predicted octanol–water partition coefficient (Wildman–Crippen LogP) is 2.73. The molecule has 6 nitrogen and oxygen atoms in total. The highest BCUT2D eigenvalue weighted by Gasteiger charge is 2.37. The van der Waals surface area contributed by atoms with Crippen LogP contribution in [0.1, 0.15) is 24.0 Å². The summed E-state index contributed by atoms with van der Waals surface area (Å²) in [5.74, 6) is 0.780. The van der Waals surface area contributed by atoms with E-state index >= 15 is 0 Å². The summed E-state index contributed by atoms with van der Waals surface area (Å²) in [7, 11) is -2.07. The number of methoxy groups -OCH3 is 1. The number of nitrogens with zero attached hydrogens (tertiary/aromatic N) is 1. The maximum atomic E-state index is 13.1. The van der Waals surface area contributed by atoms with E-state index in [1.807, 2.05) is 31.2 Å². The van der Waals surface area contributed by atoms with E-state index in [1.54, 1.807) is 31.4 Å². The average molecular weight is 406 g/mol. The molecule has 0 radical (unpaired) electrons. The fraction of sp³-hybridized carbons (Fsp3) is 0.429. The molecule has 0 spiro atoms. The topological polar surface area (TPSA) is 76.1 Å². The van der Waals surface area contributed by atoms with Crippen LogP contribution in [-0.4, -0.2) is 50.2 Å². The standard InChI is InChI=1S/C21H27NO5S/c1-16-3-11-21(12-4-16)28(24,25)22-13-20(10-7-18(22)14-23)27-15-17-5-8-19(26-2)9-6-17/h3-6,8-9,11-12,18,20,23H,7,10,13-15H2,1-2H3/t18?,20-/m1/s1. The number of rotatable bonds is 7. The van der Waals surface area contributed by atoms with Gasteiger partial charge in [0.1, 0.15) is 5.75 Å². The number of benzene rings is 2. The van der Waals surface area contributed by atoms with Crippen LogP contribution in [0.2, 0.25) is 0 Å². The zero-order chi connectivity index (χ0) is 20.1. The van der Waals surface area contributed by atoms with Crippen molar-refractivity contribution in [1.82, 2.24) is 4.31 Å². The van der Waals surface area contributed by atoms with E-state index in [-0.39, 0.29) is 24.2 Å². The number of aryl methyl sites for hydroxylation is 1. The van der Waals surface area contributed by atoms with Crippen molar-refractivity contribution in [3.05, 3.63) is 59.7 Å². The van der Waals surface area contributed by atoms with Crippen molar-refractivity contribution < 1.29 is 23.0 Å². The van der Waals surface area contributed by atoms with Crippen LogP contribution in [-0.2, 0) is 21.4 Å². The first-order chi connectivity index (χ1) is 13.4. The van der Waals surface area contributed by atoms with Crippen LogP contribution in [0.3, 0.4) is 0 Å². The van der Waals surface area contributed by atoms with Gasteiger partial charge < -0.3 is 14.6 Å². The summed E-state index contributed by atoms with van der Waals surface area (Å²) >= 11 is 0. The van der Waals surface area contributed by atoms with E-state index in [9.17, 15) is 13.5 Å². The lowest BCUT2D eigenvalue weighted by Crippen LogP contribution is -2.50. The van der Waals surface area contributed by atoms with Gasteiger partial charge in [-0.1, -0.05) is 29.8 Å². The number of aliphatic hydroxyl groups excluding tert-OH is 1. The molecule has 2 aromatic rings. The fourth-order valence-electron chi connectivity index (χ4n) is 3.36. The molecule has 0 aliphatic carbocycles. The van der Waals surface area contributed by atoms with E-state index in [1.165, 1.54) is 4.31 Å². The van der Waals surface area contributed by atoms with Crippen LogP contribution < -0.4 is 4.74 Å². The molecule has 0 bridgehead atoms. The van der Waals surface area contributed by atoms with Gasteiger partial charge in [0.15, 0.2) is 0 Å². The first-order valence-electron chi connectivity index (χ1n) is 9.38. The molecule has 3 rings (SSSR count). The van der Waals surface area contributed by atoms with E-state index in [0.717, 1.165) is 16.9 Å². The third-order valence-corrected chi connectivity index (χ3v) is 7.03. The maximum Gasteiger partial charge on any atom is 0.243 e. The van der Waals surface area contributed by atoms with Crippen LogP contribution in [0.4, 0.5) is 0 Å². The Morgan fingerprint density at radius 1 is 1.07 bits per heavy atom. The van der Waals surface area contributed by atoms with Gasteiger partial charge in [-0.25, -0.2) is 8.42 Å². The molecular weight excluding hydrogens is 378 g/mol. The summed E-state index contributed by atoms with van der Waals surface area (Å²) in [6.45, 7) is 2.35. The largest absolute Gasteiger partial charge is 0.497 e. The summed E-state index contributed by atoms with van der Waals surface area (Å²) in [6.07, 6.45) is 1.06. The Balaban J connectivity index is 1.70. The number of piperidine rings is 1. The molecule has 1 aliphatic heterocycles. The molecule has 2 aromatic carbocycles. The highest BCUT2D eigenvalue weighted by molar-refractivity contribution is 7.89. The van der Waals surface area contributed by atoms with Crippen molar-refractivity contribution in [2.75, 3.05) is 20.3 Å². The molecule has 0 aromatic heterocycles. The summed E-state index contributed by atoms with van der Waals surface area (Å²) in [4.78, 5) is 0.243. The lowest BCUT2D eigenvalue weighted by Gasteiger charge is -2.37. The summed E-state index contributed by atoms with van der Waals surface area (Å²) < 4.78 is 38.7. The Kier molecular flexibility index (Phi) is 6.72. The van der Waals surface area contributed by atoms with E-state index < -0.39 is 16.1 Å². The Morgan fingerprint density at radius 2 is 1.75 bits per heavy atom. The number of hydrogen-bond acceptors (Lipinski definition) is 5. The minimum absolute atomic E-state index is 0.198. The van der Waals surface area contributed by atoms with Gasteiger partial charge in [-0.05, 0) is 49.6 Å². The van der Waals surface area contributed by atoms with Crippen LogP contribution in [0.25, 0.3) is 0 Å². The van der Waals surface area contributed by atoms with E-state index in [4.69, 9.17) is 9.47 Å². The van der Waals surface area contributed by atoms with Crippen molar-refractivity contribution in [2.45, 2.75) is 43.4 Å². The lowest BCUT2D eigenvalue weighted by molar-refractivity contribution is -0.0119. The number of sulfonamides is 1. The van der Waals surface area contributed by atoms with Gasteiger partial charge >= 0.3 is 0 Å². The molecule has 28 heavy (non-hydrogen) atoms. The van der Waals surface area contributed by atoms with Crippen molar-refractivity contribution in [3.8, 4) is 5.75 Å². The lowest BCUT2D eigenvalue weighted by atomic mass is 10.0. The number of hydrogen-bond donors (Lipinski definition) is 1. The average Bonchev–Trinajstić information content (AvgIpc) is 2.72. The molecule has 2 atom stereocenters. The third kappa shape index (κ3) is 4.72. The first kappa shape index (κ1) is 20.8. The van der Waals surface area contributed by atoms with Crippen LogP contribution in [0, 0.1) is 6.92 Å². The molecule has 0 saturated carbocycles. The van der Waals surface area contributed by atoms with Gasteiger partial charge in [0.2, 0.25) is 10.0 Å². The maximum absolute atomic E-state index is 13.1. The first-order valence-corrected chi connectivity index (χ1v) is 10.8. The minimum atomic E-state index is -3.69. The Labute approximate surface area is 166 Å². The molecule has 1 heterocycles. The molecule has 1 N–H and O–H groups in total. The van der Waals surface area contributed by atoms with Gasteiger partial charge in [0.25, 0.3) is 0 Å². The van der Waals surface area contributed by atoms with Gasteiger partial charge in [-0.3, -0.25) is 0 Å². The summed E-state index contributed by atoms with van der Waals surface area (Å²) in [6, 6.07) is 14.0. The highest BCUT2D eigenvalue weighted by Crippen LogP contribution is 2.27. The zero-order valence-corrected chi connectivity index (χ0v) is 17.1. The molecule has 1 aliphatic rings. The molecule has 7 heteroatoms. The molecular formula is C21H27NO5S. The second-order valence-electron chi connectivity index (χ2n) is 7.08. The second-order valence-corrected chi connectivity index (χ2v) is 8.97. The Bertz CT molecular complexity index is 865. The second kappa shape index (κ2) is 9.05. The fourth-order valence-corrected chi connectivity index (χ4v) is 5.04. The van der Waals surface area contributed by atoms with Gasteiger partial charge in [0, 0.05) is 12.6 Å². The van der Waals surface area contributed by atoms with Gasteiger partial charge in [-0.15, -0.1) is 0 Å². The quantitative estimate of drug-likeness (QED) is 0.767. The molecule has 1 unspecified atom stereocenters. The van der Waals surface area contributed by atoms with E-state index in [0.29, 0.717) is 19.4 Å². The van der Waals surface area contributed by atoms with Gasteiger partial charge in [-0.2, -0.15) is 4.31 Å². The normalized spacial score (nSPS) is 20.8. The molecule has 0 amide bonds. The summed E-state index contributed by atoms with van der Waals surface area (Å²) in [5.41, 5.74) is 2.00. The predicted molar refractivity (Wildman–Crippen MR) is 107 cm³/mol. The molecule has 1 saturated heterocycles. The zero-order valence-electron chi connectivity index (χ0n) is 16.2. The number of aliphatic hydroxyl groups is 1. The van der Waals surface area contributed by atoms with Crippen LogP contribution in [0.15, 0.2) is 53.4 Å². The number of ether oxygens (including phenoxy) is 2.